The first-order valence-corrected chi connectivity index (χ1v) is 8.53. The highest BCUT2D eigenvalue weighted by atomic mass is 35.5. The van der Waals surface area contributed by atoms with Crippen LogP contribution in [0.25, 0.3) is 11.0 Å². The van der Waals surface area contributed by atoms with Gasteiger partial charge in [0.15, 0.2) is 5.16 Å². The van der Waals surface area contributed by atoms with Crippen molar-refractivity contribution in [2.75, 3.05) is 6.54 Å². The molecule has 1 heterocycles. The van der Waals surface area contributed by atoms with E-state index in [2.05, 4.69) is 28.4 Å². The van der Waals surface area contributed by atoms with Crippen LogP contribution in [0.15, 0.2) is 36.0 Å². The van der Waals surface area contributed by atoms with Crippen LogP contribution in [0.3, 0.4) is 0 Å². The summed E-state index contributed by atoms with van der Waals surface area (Å²) in [6.45, 7) is 8.94. The van der Waals surface area contributed by atoms with E-state index in [0.717, 1.165) is 29.2 Å². The molecule has 0 fully saturated rings. The molecule has 4 nitrogen and oxygen atoms in total. The number of rotatable bonds is 7. The second kappa shape index (κ2) is 7.70. The number of carbonyl (C=O) groups is 1. The van der Waals surface area contributed by atoms with Gasteiger partial charge in [-0.2, -0.15) is 0 Å². The summed E-state index contributed by atoms with van der Waals surface area (Å²) in [6, 6.07) is 5.70. The Kier molecular flexibility index (Phi) is 5.91. The monoisotopic (exact) mass is 337 g/mol. The highest BCUT2D eigenvalue weighted by Gasteiger charge is 2.18. The Morgan fingerprint density at radius 1 is 1.59 bits per heavy atom. The first kappa shape index (κ1) is 16.9. The van der Waals surface area contributed by atoms with Crippen molar-refractivity contribution in [3.63, 3.8) is 0 Å². The van der Waals surface area contributed by atoms with E-state index in [0.29, 0.717) is 11.6 Å². The van der Waals surface area contributed by atoms with Gasteiger partial charge in [-0.1, -0.05) is 36.4 Å². The molecule has 1 aromatic heterocycles. The number of hydrogen-bond donors (Lipinski definition) is 1. The summed E-state index contributed by atoms with van der Waals surface area (Å²) in [4.78, 5) is 16.6. The molecule has 2 rings (SSSR count). The minimum atomic E-state index is -0.220. The summed E-state index contributed by atoms with van der Waals surface area (Å²) >= 11 is 7.50. The zero-order chi connectivity index (χ0) is 16.1. The van der Waals surface area contributed by atoms with Crippen molar-refractivity contribution in [3.05, 3.63) is 35.9 Å². The van der Waals surface area contributed by atoms with E-state index in [4.69, 9.17) is 11.6 Å². The van der Waals surface area contributed by atoms with E-state index < -0.39 is 0 Å². The van der Waals surface area contributed by atoms with Gasteiger partial charge in [0.1, 0.15) is 0 Å². The van der Waals surface area contributed by atoms with Gasteiger partial charge in [0.05, 0.1) is 16.3 Å². The molecule has 0 radical (unpaired) electrons. The van der Waals surface area contributed by atoms with Crippen molar-refractivity contribution in [3.8, 4) is 0 Å². The lowest BCUT2D eigenvalue weighted by atomic mass is 10.3. The van der Waals surface area contributed by atoms with Crippen molar-refractivity contribution < 1.29 is 4.79 Å². The minimum absolute atomic E-state index is 0.0157. The Morgan fingerprint density at radius 3 is 3.05 bits per heavy atom. The average molecular weight is 338 g/mol. The van der Waals surface area contributed by atoms with Crippen LogP contribution in [0.5, 0.6) is 0 Å². The summed E-state index contributed by atoms with van der Waals surface area (Å²) in [7, 11) is 0. The lowest BCUT2D eigenvalue weighted by Gasteiger charge is -2.12. The number of halogens is 1. The number of amides is 1. The molecule has 0 unspecified atom stereocenters. The first-order valence-electron chi connectivity index (χ1n) is 7.27. The molecule has 0 bridgehead atoms. The van der Waals surface area contributed by atoms with E-state index in [-0.39, 0.29) is 11.2 Å². The number of nitrogens with zero attached hydrogens (tertiary/aromatic N) is 2. The Bertz CT molecular complexity index is 683. The number of benzene rings is 1. The average Bonchev–Trinajstić information content (AvgIpc) is 2.81. The molecule has 6 heteroatoms. The Balaban J connectivity index is 2.27. The van der Waals surface area contributed by atoms with E-state index in [1.54, 1.807) is 6.08 Å². The standard InChI is InChI=1S/C16H20ClN3OS/c1-4-8-18-15(21)11(3)22-16-19-13-10-12(17)6-7-14(13)20(16)9-5-2/h4,6-7,10-11H,1,5,8-9H2,2-3H3,(H,18,21)/t11-/m0/s1. The van der Waals surface area contributed by atoms with Crippen molar-refractivity contribution in [2.24, 2.45) is 0 Å². The van der Waals surface area contributed by atoms with E-state index in [1.807, 2.05) is 25.1 Å². The highest BCUT2D eigenvalue weighted by molar-refractivity contribution is 8.00. The molecular weight excluding hydrogens is 318 g/mol. The number of nitrogens with one attached hydrogen (secondary N) is 1. The maximum Gasteiger partial charge on any atom is 0.233 e. The highest BCUT2D eigenvalue weighted by Crippen LogP contribution is 2.29. The predicted molar refractivity (Wildman–Crippen MR) is 93.6 cm³/mol. The number of thioether (sulfide) groups is 1. The van der Waals surface area contributed by atoms with Crippen LogP contribution >= 0.6 is 23.4 Å². The molecule has 0 saturated heterocycles. The Hall–Kier alpha value is -1.46. The Morgan fingerprint density at radius 2 is 2.36 bits per heavy atom. The Labute approximate surface area is 139 Å². The van der Waals surface area contributed by atoms with Gasteiger partial charge in [-0.05, 0) is 31.5 Å². The fourth-order valence-electron chi connectivity index (χ4n) is 2.14. The SMILES string of the molecule is C=CCNC(=O)[C@H](C)Sc1nc2cc(Cl)ccc2n1CCC. The third-order valence-electron chi connectivity index (χ3n) is 3.19. The molecule has 1 aromatic carbocycles. The van der Waals surface area contributed by atoms with Gasteiger partial charge in [0, 0.05) is 18.1 Å². The summed E-state index contributed by atoms with van der Waals surface area (Å²) in [6.07, 6.45) is 2.67. The lowest BCUT2D eigenvalue weighted by Crippen LogP contribution is -2.31. The number of fused-ring (bicyclic) bond motifs is 1. The summed E-state index contributed by atoms with van der Waals surface area (Å²) < 4.78 is 2.15. The predicted octanol–water partition coefficient (Wildman–Crippen LogP) is 3.88. The van der Waals surface area contributed by atoms with Crippen LogP contribution in [0.1, 0.15) is 20.3 Å². The maximum atomic E-state index is 12.0. The van der Waals surface area contributed by atoms with E-state index >= 15 is 0 Å². The number of imidazole rings is 1. The molecule has 1 amide bonds. The second-order valence-electron chi connectivity index (χ2n) is 4.97. The second-order valence-corrected chi connectivity index (χ2v) is 6.72. The summed E-state index contributed by atoms with van der Waals surface area (Å²) in [5.41, 5.74) is 1.91. The zero-order valence-electron chi connectivity index (χ0n) is 12.8. The number of aryl methyl sites for hydroxylation is 1. The molecule has 0 aliphatic carbocycles. The smallest absolute Gasteiger partial charge is 0.233 e. The summed E-state index contributed by atoms with van der Waals surface area (Å²) in [5, 5.41) is 4.11. The third-order valence-corrected chi connectivity index (χ3v) is 4.52. The molecule has 0 saturated carbocycles. The van der Waals surface area contributed by atoms with Crippen molar-refractivity contribution >= 4 is 40.3 Å². The quantitative estimate of drug-likeness (QED) is 0.616. The van der Waals surface area contributed by atoms with Crippen LogP contribution in [0.2, 0.25) is 5.02 Å². The van der Waals surface area contributed by atoms with Gasteiger partial charge in [0.2, 0.25) is 5.91 Å². The largest absolute Gasteiger partial charge is 0.352 e. The molecule has 1 atom stereocenters. The van der Waals surface area contributed by atoms with Crippen molar-refractivity contribution in [1.29, 1.82) is 0 Å². The number of aromatic nitrogens is 2. The minimum Gasteiger partial charge on any atom is -0.352 e. The normalized spacial score (nSPS) is 12.3. The van der Waals surface area contributed by atoms with Gasteiger partial charge in [0.25, 0.3) is 0 Å². The van der Waals surface area contributed by atoms with Gasteiger partial charge in [-0.15, -0.1) is 6.58 Å². The van der Waals surface area contributed by atoms with Gasteiger partial charge < -0.3 is 9.88 Å². The van der Waals surface area contributed by atoms with Crippen molar-refractivity contribution in [1.82, 2.24) is 14.9 Å². The number of carbonyl (C=O) groups excluding carboxylic acids is 1. The molecule has 1 N–H and O–H groups in total. The topological polar surface area (TPSA) is 46.9 Å². The number of hydrogen-bond acceptors (Lipinski definition) is 3. The molecule has 0 aliphatic rings. The molecule has 22 heavy (non-hydrogen) atoms. The lowest BCUT2D eigenvalue weighted by molar-refractivity contribution is -0.120. The van der Waals surface area contributed by atoms with Crippen LogP contribution in [0.4, 0.5) is 0 Å². The van der Waals surface area contributed by atoms with Crippen LogP contribution in [-0.4, -0.2) is 27.3 Å². The van der Waals surface area contributed by atoms with E-state index in [1.165, 1.54) is 11.8 Å². The zero-order valence-corrected chi connectivity index (χ0v) is 14.4. The summed E-state index contributed by atoms with van der Waals surface area (Å²) in [5.74, 6) is -0.0157. The van der Waals surface area contributed by atoms with Crippen LogP contribution < -0.4 is 5.32 Å². The van der Waals surface area contributed by atoms with Crippen LogP contribution in [-0.2, 0) is 11.3 Å². The molecule has 118 valence electrons. The van der Waals surface area contributed by atoms with E-state index in [9.17, 15) is 4.79 Å². The molecular formula is C16H20ClN3OS. The third kappa shape index (κ3) is 3.84. The van der Waals surface area contributed by atoms with Crippen molar-refractivity contribution in [2.45, 2.75) is 37.2 Å². The van der Waals surface area contributed by atoms with Gasteiger partial charge in [-0.3, -0.25) is 4.79 Å². The fourth-order valence-corrected chi connectivity index (χ4v) is 3.28. The van der Waals surface area contributed by atoms with Gasteiger partial charge in [-0.25, -0.2) is 4.98 Å². The molecule has 2 aromatic rings. The molecule has 0 aliphatic heterocycles. The fraction of sp³-hybridized carbons (Fsp3) is 0.375. The van der Waals surface area contributed by atoms with Gasteiger partial charge >= 0.3 is 0 Å². The first-order chi connectivity index (χ1) is 10.6. The molecule has 0 spiro atoms. The van der Waals surface area contributed by atoms with Crippen LogP contribution in [0, 0.1) is 0 Å². The maximum absolute atomic E-state index is 12.0.